The Morgan fingerprint density at radius 1 is 1.44 bits per heavy atom. The molecule has 0 amide bonds. The van der Waals surface area contributed by atoms with Crippen molar-refractivity contribution in [1.29, 1.82) is 0 Å². The van der Waals surface area contributed by atoms with Gasteiger partial charge in [0, 0.05) is 16.9 Å². The van der Waals surface area contributed by atoms with E-state index in [1.165, 1.54) is 19.3 Å². The van der Waals surface area contributed by atoms with E-state index in [4.69, 9.17) is 0 Å². The Morgan fingerprint density at radius 2 is 2.12 bits per heavy atom. The van der Waals surface area contributed by atoms with E-state index in [-0.39, 0.29) is 5.92 Å². The first kappa shape index (κ1) is 12.3. The van der Waals surface area contributed by atoms with Gasteiger partial charge in [0.05, 0.1) is 3.79 Å². The van der Waals surface area contributed by atoms with Crippen LogP contribution >= 0.6 is 27.3 Å². The number of hydrogen-bond donors (Lipinski definition) is 0. The molecule has 0 radical (unpaired) electrons. The van der Waals surface area contributed by atoms with E-state index in [1.54, 1.807) is 11.3 Å². The van der Waals surface area contributed by atoms with Gasteiger partial charge in [0.25, 0.3) is 0 Å². The molecular weight excluding hydrogens is 284 g/mol. The number of hydrogen-bond acceptors (Lipinski definition) is 2. The van der Waals surface area contributed by atoms with Crippen LogP contribution in [0.15, 0.2) is 15.2 Å². The predicted octanol–water partition coefficient (Wildman–Crippen LogP) is 4.91. The van der Waals surface area contributed by atoms with Crippen LogP contribution in [0.5, 0.6) is 0 Å². The van der Waals surface area contributed by atoms with E-state index in [2.05, 4.69) is 22.9 Å². The van der Waals surface area contributed by atoms with Crippen molar-refractivity contribution in [3.05, 3.63) is 20.8 Å². The number of Topliss-reactive ketones (excluding diaryl/α,β-unsaturated/α-hetero) is 1. The van der Waals surface area contributed by atoms with E-state index in [0.717, 1.165) is 28.1 Å². The summed E-state index contributed by atoms with van der Waals surface area (Å²) in [6, 6.07) is 1.96. The molecule has 2 rings (SSSR count). The van der Waals surface area contributed by atoms with Gasteiger partial charge in [0.15, 0.2) is 5.78 Å². The lowest BCUT2D eigenvalue weighted by molar-refractivity contribution is 0.0871. The van der Waals surface area contributed by atoms with Crippen molar-refractivity contribution >= 4 is 33.0 Å². The Balaban J connectivity index is 1.96. The standard InChI is InChI=1S/C13H17BrOS/c1-2-9-3-5-10(6-4-9)13(15)11-7-12(14)16-8-11/h7-10H,2-6H2,1H3. The number of ketones is 1. The first-order valence-corrected chi connectivity index (χ1v) is 7.66. The molecule has 0 aromatic carbocycles. The Labute approximate surface area is 109 Å². The van der Waals surface area contributed by atoms with Crippen molar-refractivity contribution in [2.75, 3.05) is 0 Å². The van der Waals surface area contributed by atoms with Crippen LogP contribution in [0.1, 0.15) is 49.4 Å². The minimum absolute atomic E-state index is 0.282. The third-order valence-electron chi connectivity index (χ3n) is 3.65. The number of rotatable bonds is 3. The lowest BCUT2D eigenvalue weighted by atomic mass is 9.78. The molecule has 1 aromatic rings. The van der Waals surface area contributed by atoms with Crippen molar-refractivity contribution in [2.24, 2.45) is 11.8 Å². The third kappa shape index (κ3) is 2.75. The second-order valence-electron chi connectivity index (χ2n) is 4.63. The quantitative estimate of drug-likeness (QED) is 0.725. The molecule has 1 heterocycles. The zero-order chi connectivity index (χ0) is 11.5. The summed E-state index contributed by atoms with van der Waals surface area (Å²) in [6.07, 6.45) is 5.91. The number of carbonyl (C=O) groups excluding carboxylic acids is 1. The second kappa shape index (κ2) is 5.46. The summed E-state index contributed by atoms with van der Waals surface area (Å²) < 4.78 is 1.05. The highest BCUT2D eigenvalue weighted by Crippen LogP contribution is 2.33. The van der Waals surface area contributed by atoms with Crippen molar-refractivity contribution in [1.82, 2.24) is 0 Å². The average Bonchev–Trinajstić information content (AvgIpc) is 2.75. The molecule has 16 heavy (non-hydrogen) atoms. The topological polar surface area (TPSA) is 17.1 Å². The van der Waals surface area contributed by atoms with Crippen LogP contribution in [0.3, 0.4) is 0 Å². The molecule has 1 aromatic heterocycles. The number of halogens is 1. The maximum Gasteiger partial charge on any atom is 0.166 e. The molecule has 1 aliphatic carbocycles. The third-order valence-corrected chi connectivity index (χ3v) is 5.15. The van der Waals surface area contributed by atoms with Crippen molar-refractivity contribution < 1.29 is 4.79 Å². The molecule has 0 bridgehead atoms. The van der Waals surface area contributed by atoms with Crippen LogP contribution in [0.4, 0.5) is 0 Å². The van der Waals surface area contributed by atoms with E-state index >= 15 is 0 Å². The van der Waals surface area contributed by atoms with Gasteiger partial charge in [0.1, 0.15) is 0 Å². The summed E-state index contributed by atoms with van der Waals surface area (Å²) in [4.78, 5) is 12.2. The highest BCUT2D eigenvalue weighted by atomic mass is 79.9. The molecule has 1 saturated carbocycles. The SMILES string of the molecule is CCC1CCC(C(=O)c2csc(Br)c2)CC1. The molecule has 0 saturated heterocycles. The normalized spacial score (nSPS) is 25.6. The van der Waals surface area contributed by atoms with Gasteiger partial charge in [-0.15, -0.1) is 11.3 Å². The van der Waals surface area contributed by atoms with E-state index in [9.17, 15) is 4.79 Å². The zero-order valence-electron chi connectivity index (χ0n) is 9.54. The first-order valence-electron chi connectivity index (χ1n) is 5.99. The number of thiophene rings is 1. The Bertz CT molecular complexity index is 364. The summed E-state index contributed by atoms with van der Waals surface area (Å²) in [5, 5.41) is 1.97. The molecule has 1 aliphatic rings. The largest absolute Gasteiger partial charge is 0.294 e. The van der Waals surface area contributed by atoms with Crippen LogP contribution in [-0.2, 0) is 0 Å². The van der Waals surface area contributed by atoms with Crippen LogP contribution in [-0.4, -0.2) is 5.78 Å². The summed E-state index contributed by atoms with van der Waals surface area (Å²) in [5.41, 5.74) is 0.900. The number of carbonyl (C=O) groups is 1. The average molecular weight is 301 g/mol. The van der Waals surface area contributed by atoms with Crippen molar-refractivity contribution in [3.8, 4) is 0 Å². The molecule has 3 heteroatoms. The maximum absolute atomic E-state index is 12.2. The summed E-state index contributed by atoms with van der Waals surface area (Å²) >= 11 is 5.01. The minimum atomic E-state index is 0.282. The van der Waals surface area contributed by atoms with Gasteiger partial charge in [-0.1, -0.05) is 13.3 Å². The van der Waals surface area contributed by atoms with E-state index < -0.39 is 0 Å². The van der Waals surface area contributed by atoms with Crippen molar-refractivity contribution in [3.63, 3.8) is 0 Å². The van der Waals surface area contributed by atoms with Crippen molar-refractivity contribution in [2.45, 2.75) is 39.0 Å². The molecular formula is C13H17BrOS. The zero-order valence-corrected chi connectivity index (χ0v) is 11.9. The highest BCUT2D eigenvalue weighted by Gasteiger charge is 2.26. The Hall–Kier alpha value is -0.150. The monoisotopic (exact) mass is 300 g/mol. The van der Waals surface area contributed by atoms with Gasteiger partial charge in [-0.3, -0.25) is 4.79 Å². The fraction of sp³-hybridized carbons (Fsp3) is 0.615. The van der Waals surface area contributed by atoms with Crippen LogP contribution in [0.25, 0.3) is 0 Å². The molecule has 1 nitrogen and oxygen atoms in total. The molecule has 0 unspecified atom stereocenters. The van der Waals surface area contributed by atoms with Gasteiger partial charge in [0.2, 0.25) is 0 Å². The molecule has 1 fully saturated rings. The van der Waals surface area contributed by atoms with Crippen LogP contribution < -0.4 is 0 Å². The van der Waals surface area contributed by atoms with Gasteiger partial charge in [-0.05, 0) is 53.6 Å². The van der Waals surface area contributed by atoms with Crippen LogP contribution in [0, 0.1) is 11.8 Å². The molecule has 0 spiro atoms. The molecule has 0 aliphatic heterocycles. The lowest BCUT2D eigenvalue weighted by Crippen LogP contribution is -2.21. The van der Waals surface area contributed by atoms with Gasteiger partial charge >= 0.3 is 0 Å². The van der Waals surface area contributed by atoms with Gasteiger partial charge in [-0.2, -0.15) is 0 Å². The van der Waals surface area contributed by atoms with E-state index in [1.807, 2.05) is 11.4 Å². The second-order valence-corrected chi connectivity index (χ2v) is 6.92. The summed E-state index contributed by atoms with van der Waals surface area (Å²) in [6.45, 7) is 2.25. The molecule has 0 atom stereocenters. The maximum atomic E-state index is 12.2. The molecule has 88 valence electrons. The smallest absolute Gasteiger partial charge is 0.166 e. The van der Waals surface area contributed by atoms with E-state index in [0.29, 0.717) is 5.78 Å². The summed E-state index contributed by atoms with van der Waals surface area (Å²) in [5.74, 6) is 1.50. The Kier molecular flexibility index (Phi) is 4.20. The first-order chi connectivity index (χ1) is 7.70. The highest BCUT2D eigenvalue weighted by molar-refractivity contribution is 9.11. The Morgan fingerprint density at radius 3 is 2.62 bits per heavy atom. The molecule has 0 N–H and O–H groups in total. The van der Waals surface area contributed by atoms with Gasteiger partial charge in [-0.25, -0.2) is 0 Å². The van der Waals surface area contributed by atoms with Gasteiger partial charge < -0.3 is 0 Å². The fourth-order valence-corrected chi connectivity index (χ4v) is 3.65. The minimum Gasteiger partial charge on any atom is -0.294 e. The fourth-order valence-electron chi connectivity index (χ4n) is 2.51. The van der Waals surface area contributed by atoms with Crippen LogP contribution in [0.2, 0.25) is 0 Å². The predicted molar refractivity (Wildman–Crippen MR) is 72.1 cm³/mol. The lowest BCUT2D eigenvalue weighted by Gasteiger charge is -2.26. The summed E-state index contributed by atoms with van der Waals surface area (Å²) in [7, 11) is 0.